The quantitative estimate of drug-likeness (QED) is 0.924. The van der Waals surface area contributed by atoms with Gasteiger partial charge in [-0.3, -0.25) is 0 Å². The van der Waals surface area contributed by atoms with Crippen molar-refractivity contribution in [2.45, 2.75) is 6.54 Å². The van der Waals surface area contributed by atoms with Crippen LogP contribution in [0.15, 0.2) is 30.6 Å². The number of halogens is 2. The van der Waals surface area contributed by atoms with Crippen molar-refractivity contribution >= 4 is 17.4 Å². The van der Waals surface area contributed by atoms with Crippen molar-refractivity contribution in [3.8, 4) is 6.07 Å². The summed E-state index contributed by atoms with van der Waals surface area (Å²) < 4.78 is 13.4. The van der Waals surface area contributed by atoms with E-state index in [9.17, 15) is 4.39 Å². The fourth-order valence-corrected chi connectivity index (χ4v) is 1.57. The summed E-state index contributed by atoms with van der Waals surface area (Å²) >= 11 is 5.78. The maximum absolute atomic E-state index is 13.4. The number of nitrogens with zero attached hydrogens (tertiary/aromatic N) is 3. The highest BCUT2D eigenvalue weighted by Gasteiger charge is 2.04. The molecule has 4 nitrogen and oxygen atoms in total. The number of benzene rings is 1. The molecule has 0 saturated heterocycles. The number of nitrogens with one attached hydrogen (secondary N) is 1. The Hall–Kier alpha value is -2.19. The van der Waals surface area contributed by atoms with Gasteiger partial charge in [-0.15, -0.1) is 0 Å². The smallest absolute Gasteiger partial charge is 0.145 e. The molecular formula is C12H8ClFN4. The highest BCUT2D eigenvalue weighted by Crippen LogP contribution is 2.16. The zero-order valence-electron chi connectivity index (χ0n) is 9.19. The summed E-state index contributed by atoms with van der Waals surface area (Å²) in [4.78, 5) is 7.66. The number of hydrogen-bond donors (Lipinski definition) is 1. The fraction of sp³-hybridized carbons (Fsp3) is 0.0833. The largest absolute Gasteiger partial charge is 0.366 e. The Morgan fingerprint density at radius 1 is 1.33 bits per heavy atom. The lowest BCUT2D eigenvalue weighted by molar-refractivity contribution is 0.613. The molecule has 0 atom stereocenters. The van der Waals surface area contributed by atoms with Gasteiger partial charge in [-0.25, -0.2) is 14.4 Å². The second-order valence-electron chi connectivity index (χ2n) is 3.49. The Balaban J connectivity index is 2.11. The molecular weight excluding hydrogens is 255 g/mol. The van der Waals surface area contributed by atoms with Crippen molar-refractivity contribution in [2.24, 2.45) is 0 Å². The van der Waals surface area contributed by atoms with E-state index in [-0.39, 0.29) is 18.1 Å². The average Bonchev–Trinajstić information content (AvgIpc) is 2.40. The van der Waals surface area contributed by atoms with Gasteiger partial charge in [0.15, 0.2) is 0 Å². The van der Waals surface area contributed by atoms with Crippen molar-refractivity contribution in [1.29, 1.82) is 5.26 Å². The Kier molecular flexibility index (Phi) is 3.70. The molecule has 6 heteroatoms. The van der Waals surface area contributed by atoms with Gasteiger partial charge < -0.3 is 5.32 Å². The summed E-state index contributed by atoms with van der Waals surface area (Å²) in [6.45, 7) is 0.230. The van der Waals surface area contributed by atoms with Gasteiger partial charge in [-0.2, -0.15) is 5.26 Å². The summed E-state index contributed by atoms with van der Waals surface area (Å²) in [6.07, 6.45) is 1.27. The highest BCUT2D eigenvalue weighted by atomic mass is 35.5. The molecule has 0 aliphatic heterocycles. The zero-order valence-corrected chi connectivity index (χ0v) is 9.95. The monoisotopic (exact) mass is 262 g/mol. The number of rotatable bonds is 3. The normalized spacial score (nSPS) is 9.83. The molecule has 0 spiro atoms. The Morgan fingerprint density at radius 2 is 2.17 bits per heavy atom. The van der Waals surface area contributed by atoms with Crippen LogP contribution in [0.1, 0.15) is 11.3 Å². The van der Waals surface area contributed by atoms with E-state index >= 15 is 0 Å². The van der Waals surface area contributed by atoms with Crippen LogP contribution >= 0.6 is 11.6 Å². The molecule has 18 heavy (non-hydrogen) atoms. The molecule has 2 aromatic rings. The maximum Gasteiger partial charge on any atom is 0.145 e. The first kappa shape index (κ1) is 12.3. The van der Waals surface area contributed by atoms with Crippen LogP contribution in [-0.2, 0) is 6.54 Å². The van der Waals surface area contributed by atoms with Crippen LogP contribution in [0.25, 0.3) is 0 Å². The number of anilines is 1. The minimum Gasteiger partial charge on any atom is -0.366 e. The predicted octanol–water partition coefficient (Wildman–Crippen LogP) is 2.75. The third-order valence-electron chi connectivity index (χ3n) is 2.25. The summed E-state index contributed by atoms with van der Waals surface area (Å²) in [5, 5.41) is 12.1. The second-order valence-corrected chi connectivity index (χ2v) is 3.93. The van der Waals surface area contributed by atoms with E-state index in [1.807, 2.05) is 6.07 Å². The summed E-state index contributed by atoms with van der Waals surface area (Å²) in [7, 11) is 0. The van der Waals surface area contributed by atoms with Crippen molar-refractivity contribution < 1.29 is 4.39 Å². The molecule has 0 amide bonds. The topological polar surface area (TPSA) is 61.6 Å². The van der Waals surface area contributed by atoms with Gasteiger partial charge >= 0.3 is 0 Å². The third kappa shape index (κ3) is 2.93. The van der Waals surface area contributed by atoms with E-state index in [0.717, 1.165) is 0 Å². The van der Waals surface area contributed by atoms with Gasteiger partial charge in [-0.05, 0) is 18.2 Å². The van der Waals surface area contributed by atoms with Gasteiger partial charge in [-0.1, -0.05) is 11.6 Å². The number of hydrogen-bond acceptors (Lipinski definition) is 4. The average molecular weight is 263 g/mol. The molecule has 0 radical (unpaired) electrons. The van der Waals surface area contributed by atoms with Crippen molar-refractivity contribution in [3.63, 3.8) is 0 Å². The molecule has 0 unspecified atom stereocenters. The molecule has 0 aliphatic carbocycles. The molecule has 0 bridgehead atoms. The van der Waals surface area contributed by atoms with Gasteiger partial charge in [0, 0.05) is 23.2 Å². The molecule has 2 rings (SSSR count). The summed E-state index contributed by atoms with van der Waals surface area (Å²) in [5.41, 5.74) is 0.679. The van der Waals surface area contributed by atoms with E-state index in [1.54, 1.807) is 0 Å². The van der Waals surface area contributed by atoms with Gasteiger partial charge in [0.25, 0.3) is 0 Å². The fourth-order valence-electron chi connectivity index (χ4n) is 1.38. The highest BCUT2D eigenvalue weighted by molar-refractivity contribution is 6.30. The van der Waals surface area contributed by atoms with E-state index in [1.165, 1.54) is 30.6 Å². The lowest BCUT2D eigenvalue weighted by Gasteiger charge is -2.06. The molecule has 1 aromatic heterocycles. The lowest BCUT2D eigenvalue weighted by atomic mass is 10.2. The SMILES string of the molecule is N#Cc1cc(NCc2cc(Cl)ccc2F)ncn1. The van der Waals surface area contributed by atoms with Gasteiger partial charge in [0.05, 0.1) is 0 Å². The minimum absolute atomic E-state index is 0.230. The van der Waals surface area contributed by atoms with E-state index in [0.29, 0.717) is 16.4 Å². The van der Waals surface area contributed by atoms with Crippen LogP contribution in [0.5, 0.6) is 0 Å². The first-order valence-electron chi connectivity index (χ1n) is 5.09. The standard InChI is InChI=1S/C12H8ClFN4/c13-9-1-2-11(14)8(3-9)6-16-12-4-10(5-15)17-7-18-12/h1-4,7H,6H2,(H,16,17,18). The molecule has 1 N–H and O–H groups in total. The summed E-state index contributed by atoms with van der Waals surface area (Å²) in [5.74, 6) is 0.113. The van der Waals surface area contributed by atoms with Crippen LogP contribution in [0.4, 0.5) is 10.2 Å². The third-order valence-corrected chi connectivity index (χ3v) is 2.48. The van der Waals surface area contributed by atoms with Crippen LogP contribution in [0.2, 0.25) is 5.02 Å². The Labute approximate surface area is 108 Å². The molecule has 90 valence electrons. The van der Waals surface area contributed by atoms with Crippen molar-refractivity contribution in [2.75, 3.05) is 5.32 Å². The van der Waals surface area contributed by atoms with Gasteiger partial charge in [0.1, 0.15) is 29.7 Å². The van der Waals surface area contributed by atoms with Crippen LogP contribution < -0.4 is 5.32 Å². The number of aromatic nitrogens is 2. The Bertz CT molecular complexity index is 609. The molecule has 0 aliphatic rings. The van der Waals surface area contributed by atoms with E-state index in [4.69, 9.17) is 16.9 Å². The van der Waals surface area contributed by atoms with Crippen LogP contribution in [-0.4, -0.2) is 9.97 Å². The number of nitriles is 1. The first-order chi connectivity index (χ1) is 8.69. The van der Waals surface area contributed by atoms with Crippen LogP contribution in [0, 0.1) is 17.1 Å². The van der Waals surface area contributed by atoms with Gasteiger partial charge in [0.2, 0.25) is 0 Å². The molecule has 0 saturated carbocycles. The van der Waals surface area contributed by atoms with E-state index in [2.05, 4.69) is 15.3 Å². The van der Waals surface area contributed by atoms with Crippen molar-refractivity contribution in [3.05, 3.63) is 52.7 Å². The molecule has 1 heterocycles. The lowest BCUT2D eigenvalue weighted by Crippen LogP contribution is -2.04. The maximum atomic E-state index is 13.4. The zero-order chi connectivity index (χ0) is 13.0. The molecule has 0 fully saturated rings. The van der Waals surface area contributed by atoms with E-state index < -0.39 is 0 Å². The molecule has 1 aromatic carbocycles. The second kappa shape index (κ2) is 5.43. The minimum atomic E-state index is -0.346. The first-order valence-corrected chi connectivity index (χ1v) is 5.47. The van der Waals surface area contributed by atoms with Crippen molar-refractivity contribution in [1.82, 2.24) is 9.97 Å². The Morgan fingerprint density at radius 3 is 2.94 bits per heavy atom. The predicted molar refractivity (Wildman–Crippen MR) is 65.5 cm³/mol. The summed E-state index contributed by atoms with van der Waals surface area (Å²) in [6, 6.07) is 7.72. The van der Waals surface area contributed by atoms with Crippen LogP contribution in [0.3, 0.4) is 0 Å².